The number of amides is 1. The second-order valence-corrected chi connectivity index (χ2v) is 8.34. The van der Waals surface area contributed by atoms with E-state index in [0.717, 1.165) is 6.07 Å². The van der Waals surface area contributed by atoms with E-state index in [2.05, 4.69) is 15.2 Å². The summed E-state index contributed by atoms with van der Waals surface area (Å²) in [5.74, 6) is -0.746. The fourth-order valence-corrected chi connectivity index (χ4v) is 3.68. The number of carbonyl (C=O) groups is 1. The number of rotatable bonds is 6. The topological polar surface area (TPSA) is 144 Å². The molecule has 0 bridgehead atoms. The highest BCUT2D eigenvalue weighted by molar-refractivity contribution is 7.92. The van der Waals surface area contributed by atoms with Crippen molar-refractivity contribution in [2.24, 2.45) is 0 Å². The van der Waals surface area contributed by atoms with Gasteiger partial charge in [0.1, 0.15) is 5.56 Å². The first-order valence-electron chi connectivity index (χ1n) is 8.39. The van der Waals surface area contributed by atoms with Crippen LogP contribution in [0.2, 0.25) is 5.02 Å². The van der Waals surface area contributed by atoms with Gasteiger partial charge in [-0.1, -0.05) is 16.8 Å². The molecular weight excluding hydrogens is 436 g/mol. The lowest BCUT2D eigenvalue weighted by atomic mass is 10.1. The van der Waals surface area contributed by atoms with Crippen molar-refractivity contribution in [3.8, 4) is 0 Å². The minimum Gasteiger partial charge on any atom is -0.337 e. The number of benzene rings is 2. The second kappa shape index (κ2) is 8.13. The first-order valence-corrected chi connectivity index (χ1v) is 10.3. The number of carbonyl (C=O) groups excluding carboxylic acids is 1. The number of aromatic nitrogens is 1. The van der Waals surface area contributed by atoms with Crippen LogP contribution < -0.4 is 10.0 Å². The maximum absolute atomic E-state index is 12.5. The molecule has 0 aliphatic carbocycles. The minimum atomic E-state index is -3.95. The molecule has 0 fully saturated rings. The van der Waals surface area contributed by atoms with E-state index in [0.29, 0.717) is 11.3 Å². The quantitative estimate of drug-likeness (QED) is 0.427. The predicted molar refractivity (Wildman–Crippen MR) is 109 cm³/mol. The van der Waals surface area contributed by atoms with Gasteiger partial charge in [-0.15, -0.1) is 0 Å². The van der Waals surface area contributed by atoms with E-state index < -0.39 is 26.5 Å². The van der Waals surface area contributed by atoms with Crippen LogP contribution in [0.15, 0.2) is 51.9 Å². The van der Waals surface area contributed by atoms with Crippen molar-refractivity contribution in [3.63, 3.8) is 0 Å². The molecule has 156 valence electrons. The maximum atomic E-state index is 12.5. The fourth-order valence-electron chi connectivity index (χ4n) is 2.46. The van der Waals surface area contributed by atoms with E-state index in [-0.39, 0.29) is 27.1 Å². The van der Waals surface area contributed by atoms with Crippen molar-refractivity contribution >= 4 is 44.8 Å². The molecule has 1 amide bonds. The molecule has 2 aromatic carbocycles. The number of anilines is 2. The summed E-state index contributed by atoms with van der Waals surface area (Å²) >= 11 is 5.83. The highest BCUT2D eigenvalue weighted by Gasteiger charge is 2.22. The lowest BCUT2D eigenvalue weighted by Gasteiger charge is -2.09. The van der Waals surface area contributed by atoms with Gasteiger partial charge in [0.15, 0.2) is 0 Å². The van der Waals surface area contributed by atoms with Crippen LogP contribution in [0.25, 0.3) is 0 Å². The summed E-state index contributed by atoms with van der Waals surface area (Å²) in [4.78, 5) is 22.8. The number of nitro groups is 1. The van der Waals surface area contributed by atoms with E-state index in [1.54, 1.807) is 13.8 Å². The Bertz CT molecular complexity index is 1240. The molecule has 1 heterocycles. The molecule has 12 heteroatoms. The fraction of sp³-hybridized carbons (Fsp3) is 0.111. The number of sulfonamides is 1. The molecule has 0 atom stereocenters. The van der Waals surface area contributed by atoms with Gasteiger partial charge in [-0.25, -0.2) is 13.1 Å². The van der Waals surface area contributed by atoms with E-state index in [4.69, 9.17) is 16.1 Å². The Kier molecular flexibility index (Phi) is 5.76. The van der Waals surface area contributed by atoms with Gasteiger partial charge >= 0.3 is 0 Å². The first kappa shape index (κ1) is 21.3. The molecule has 0 radical (unpaired) electrons. The molecule has 0 saturated carbocycles. The summed E-state index contributed by atoms with van der Waals surface area (Å²) in [6.45, 7) is 3.34. The smallest absolute Gasteiger partial charge is 0.282 e. The largest absolute Gasteiger partial charge is 0.337 e. The van der Waals surface area contributed by atoms with Gasteiger partial charge < -0.3 is 9.84 Å². The Balaban J connectivity index is 1.79. The molecule has 0 aliphatic rings. The molecule has 3 aromatic rings. The zero-order chi connectivity index (χ0) is 22.1. The van der Waals surface area contributed by atoms with Gasteiger partial charge in [0, 0.05) is 22.3 Å². The highest BCUT2D eigenvalue weighted by atomic mass is 35.5. The predicted octanol–water partition coefficient (Wildman–Crippen LogP) is 3.91. The van der Waals surface area contributed by atoms with Crippen molar-refractivity contribution in [1.82, 2.24) is 5.16 Å². The number of hydrogen-bond donors (Lipinski definition) is 2. The lowest BCUT2D eigenvalue weighted by molar-refractivity contribution is -0.385. The molecular formula is C18H15ClN4O6S. The van der Waals surface area contributed by atoms with Gasteiger partial charge in [0.25, 0.3) is 21.6 Å². The summed E-state index contributed by atoms with van der Waals surface area (Å²) in [5.41, 5.74) is 0.728. The van der Waals surface area contributed by atoms with E-state index in [9.17, 15) is 23.3 Å². The molecule has 0 saturated heterocycles. The van der Waals surface area contributed by atoms with Crippen molar-refractivity contribution in [2.75, 3.05) is 10.0 Å². The Hall–Kier alpha value is -3.44. The second-order valence-electron chi connectivity index (χ2n) is 6.22. The van der Waals surface area contributed by atoms with Crippen molar-refractivity contribution in [1.29, 1.82) is 0 Å². The number of hydrogen-bond acceptors (Lipinski definition) is 7. The monoisotopic (exact) mass is 450 g/mol. The molecule has 0 unspecified atom stereocenters. The van der Waals surface area contributed by atoms with Crippen molar-refractivity contribution < 1.29 is 22.7 Å². The van der Waals surface area contributed by atoms with Gasteiger partial charge in [0.05, 0.1) is 15.5 Å². The van der Waals surface area contributed by atoms with Crippen LogP contribution in [0.4, 0.5) is 17.3 Å². The Morgan fingerprint density at radius 3 is 2.40 bits per heavy atom. The first-order chi connectivity index (χ1) is 14.1. The van der Waals surface area contributed by atoms with Crippen molar-refractivity contribution in [3.05, 3.63) is 74.4 Å². The highest BCUT2D eigenvalue weighted by Crippen LogP contribution is 2.25. The van der Waals surface area contributed by atoms with Crippen LogP contribution in [-0.2, 0) is 10.0 Å². The third-order valence-electron chi connectivity index (χ3n) is 4.21. The van der Waals surface area contributed by atoms with Crippen molar-refractivity contribution in [2.45, 2.75) is 18.7 Å². The normalized spacial score (nSPS) is 11.2. The maximum Gasteiger partial charge on any atom is 0.282 e. The number of halogens is 1. The van der Waals surface area contributed by atoms with Crippen LogP contribution in [0.5, 0.6) is 0 Å². The Morgan fingerprint density at radius 1 is 1.17 bits per heavy atom. The number of nitro benzene ring substituents is 1. The van der Waals surface area contributed by atoms with E-state index in [1.807, 2.05) is 0 Å². The molecule has 2 N–H and O–H groups in total. The lowest BCUT2D eigenvalue weighted by Crippen LogP contribution is -2.15. The van der Waals surface area contributed by atoms with E-state index >= 15 is 0 Å². The summed E-state index contributed by atoms with van der Waals surface area (Å²) in [6, 6.07) is 8.85. The van der Waals surface area contributed by atoms with E-state index in [1.165, 1.54) is 36.4 Å². The zero-order valence-electron chi connectivity index (χ0n) is 15.7. The molecule has 1 aromatic heterocycles. The van der Waals surface area contributed by atoms with Gasteiger partial charge in [0.2, 0.25) is 5.88 Å². The Labute approximate surface area is 176 Å². The summed E-state index contributed by atoms with van der Waals surface area (Å²) in [7, 11) is -3.95. The molecule has 0 spiro atoms. The number of nitrogens with zero attached hydrogens (tertiary/aromatic N) is 2. The van der Waals surface area contributed by atoms with Crippen LogP contribution in [0.3, 0.4) is 0 Å². The molecule has 0 aliphatic heterocycles. The SMILES string of the molecule is Cc1noc(NS(=O)(=O)c2ccc(NC(=O)c3cc(Cl)ccc3[N+](=O)[O-])cc2)c1C. The molecule has 3 rings (SSSR count). The third kappa shape index (κ3) is 4.42. The summed E-state index contributed by atoms with van der Waals surface area (Å²) < 4.78 is 32.3. The zero-order valence-corrected chi connectivity index (χ0v) is 17.2. The summed E-state index contributed by atoms with van der Waals surface area (Å²) in [6.07, 6.45) is 0. The van der Waals surface area contributed by atoms with Crippen LogP contribution in [0, 0.1) is 24.0 Å². The van der Waals surface area contributed by atoms with Gasteiger partial charge in [-0.05, 0) is 50.2 Å². The van der Waals surface area contributed by atoms with Crippen LogP contribution >= 0.6 is 11.6 Å². The Morgan fingerprint density at radius 2 is 1.83 bits per heavy atom. The van der Waals surface area contributed by atoms with Crippen LogP contribution in [0.1, 0.15) is 21.6 Å². The molecule has 30 heavy (non-hydrogen) atoms. The van der Waals surface area contributed by atoms with Gasteiger partial charge in [-0.2, -0.15) is 0 Å². The minimum absolute atomic E-state index is 0.0122. The number of aryl methyl sites for hydroxylation is 1. The number of nitrogens with one attached hydrogen (secondary N) is 2. The van der Waals surface area contributed by atoms with Crippen LogP contribution in [-0.4, -0.2) is 24.4 Å². The third-order valence-corrected chi connectivity index (χ3v) is 5.79. The summed E-state index contributed by atoms with van der Waals surface area (Å²) in [5, 5.41) is 17.4. The average molecular weight is 451 g/mol. The average Bonchev–Trinajstić information content (AvgIpc) is 2.99. The van der Waals surface area contributed by atoms with Gasteiger partial charge in [-0.3, -0.25) is 14.9 Å². The molecule has 10 nitrogen and oxygen atoms in total. The standard InChI is InChI=1S/C18H15ClN4O6S/c1-10-11(2)21-29-18(10)22-30(27,28)14-6-4-13(5-7-14)20-17(24)15-9-12(19)3-8-16(15)23(25)26/h3-9,22H,1-2H3,(H,20,24).